The van der Waals surface area contributed by atoms with Crippen molar-refractivity contribution in [2.45, 2.75) is 44.7 Å². The molecule has 0 unspecified atom stereocenters. The summed E-state index contributed by atoms with van der Waals surface area (Å²) in [5, 5.41) is 14.7. The third-order valence-corrected chi connectivity index (χ3v) is 7.41. The van der Waals surface area contributed by atoms with E-state index in [9.17, 15) is 22.8 Å². The molecule has 0 radical (unpaired) electrons. The lowest BCUT2D eigenvalue weighted by Crippen LogP contribution is -2.33. The van der Waals surface area contributed by atoms with Gasteiger partial charge in [0.1, 0.15) is 0 Å². The quantitative estimate of drug-likeness (QED) is 0.252. The van der Waals surface area contributed by atoms with E-state index in [-0.39, 0.29) is 33.3 Å². The molecule has 1 atom stereocenters. The van der Waals surface area contributed by atoms with Crippen molar-refractivity contribution >= 4 is 64.1 Å². The SMILES string of the molecule is CCn1c(SCC(=O)Nc2cc(C(F)(F)F)ccc2Cl)nnc1[C@@H](NC(=O)c1ccc(Cl)c(Cl)c1)C(C)C. The molecule has 0 fully saturated rings. The average molecular weight is 609 g/mol. The number of halogens is 6. The third kappa shape index (κ3) is 7.34. The molecule has 0 aliphatic heterocycles. The number of hydrogen-bond acceptors (Lipinski definition) is 5. The molecule has 2 aromatic carbocycles. The van der Waals surface area contributed by atoms with Crippen LogP contribution in [0.25, 0.3) is 0 Å². The number of hydrogen-bond donors (Lipinski definition) is 2. The van der Waals surface area contributed by atoms with Crippen LogP contribution in [0.15, 0.2) is 41.6 Å². The van der Waals surface area contributed by atoms with Gasteiger partial charge in [-0.25, -0.2) is 0 Å². The van der Waals surface area contributed by atoms with Crippen molar-refractivity contribution in [3.05, 3.63) is 68.4 Å². The van der Waals surface area contributed by atoms with Gasteiger partial charge >= 0.3 is 6.18 Å². The zero-order chi connectivity index (χ0) is 28.2. The number of alkyl halides is 3. The molecule has 0 saturated heterocycles. The molecule has 1 heterocycles. The predicted molar refractivity (Wildman–Crippen MR) is 143 cm³/mol. The van der Waals surface area contributed by atoms with Crippen molar-refractivity contribution in [1.82, 2.24) is 20.1 Å². The number of thioether (sulfide) groups is 1. The monoisotopic (exact) mass is 607 g/mol. The molecular formula is C24H23Cl3F3N5O2S. The summed E-state index contributed by atoms with van der Waals surface area (Å²) in [5.41, 5.74) is -0.746. The second kappa shape index (κ2) is 12.6. The van der Waals surface area contributed by atoms with Crippen LogP contribution in [-0.2, 0) is 17.5 Å². The van der Waals surface area contributed by atoms with Gasteiger partial charge in [-0.15, -0.1) is 10.2 Å². The summed E-state index contributed by atoms with van der Waals surface area (Å²) in [7, 11) is 0. The molecule has 0 aliphatic carbocycles. The van der Waals surface area contributed by atoms with Gasteiger partial charge in [-0.1, -0.05) is 60.4 Å². The molecule has 0 spiro atoms. The maximum Gasteiger partial charge on any atom is 0.416 e. The van der Waals surface area contributed by atoms with Crippen LogP contribution in [-0.4, -0.2) is 32.3 Å². The number of nitrogens with zero attached hydrogens (tertiary/aromatic N) is 3. The molecular weight excluding hydrogens is 586 g/mol. The number of amides is 2. The van der Waals surface area contributed by atoms with Gasteiger partial charge in [0.25, 0.3) is 5.91 Å². The Morgan fingerprint density at radius 2 is 1.71 bits per heavy atom. The number of aromatic nitrogens is 3. The van der Waals surface area contributed by atoms with E-state index < -0.39 is 23.7 Å². The molecule has 0 aliphatic rings. The van der Waals surface area contributed by atoms with Crippen molar-refractivity contribution in [3.63, 3.8) is 0 Å². The van der Waals surface area contributed by atoms with Crippen LogP contribution in [0.4, 0.5) is 18.9 Å². The highest BCUT2D eigenvalue weighted by molar-refractivity contribution is 7.99. The summed E-state index contributed by atoms with van der Waals surface area (Å²) < 4.78 is 40.8. The first kappa shape index (κ1) is 30.1. The van der Waals surface area contributed by atoms with Crippen LogP contribution in [0.2, 0.25) is 15.1 Å². The maximum absolute atomic E-state index is 13.0. The third-order valence-electron chi connectivity index (χ3n) is 5.38. The van der Waals surface area contributed by atoms with Gasteiger partial charge in [0.05, 0.1) is 38.1 Å². The lowest BCUT2D eigenvalue weighted by atomic mass is 10.0. The number of rotatable bonds is 9. The smallest absolute Gasteiger partial charge is 0.342 e. The van der Waals surface area contributed by atoms with E-state index in [0.717, 1.165) is 30.0 Å². The van der Waals surface area contributed by atoms with Gasteiger partial charge in [-0.3, -0.25) is 9.59 Å². The van der Waals surface area contributed by atoms with Crippen molar-refractivity contribution in [3.8, 4) is 0 Å². The molecule has 0 bridgehead atoms. The summed E-state index contributed by atoms with van der Waals surface area (Å²) in [5.74, 6) is -0.691. The van der Waals surface area contributed by atoms with E-state index in [4.69, 9.17) is 34.8 Å². The number of carbonyl (C=O) groups is 2. The minimum atomic E-state index is -4.57. The zero-order valence-corrected chi connectivity index (χ0v) is 23.5. The molecule has 2 amide bonds. The zero-order valence-electron chi connectivity index (χ0n) is 20.4. The normalized spacial score (nSPS) is 12.5. The summed E-state index contributed by atoms with van der Waals surface area (Å²) in [6, 6.07) is 6.73. The Kier molecular flexibility index (Phi) is 9.96. The minimum absolute atomic E-state index is 0.0205. The topological polar surface area (TPSA) is 88.9 Å². The number of carbonyl (C=O) groups excluding carboxylic acids is 2. The van der Waals surface area contributed by atoms with E-state index in [1.54, 1.807) is 10.6 Å². The van der Waals surface area contributed by atoms with Gasteiger partial charge in [0.2, 0.25) is 5.91 Å². The van der Waals surface area contributed by atoms with Crippen molar-refractivity contribution in [2.75, 3.05) is 11.1 Å². The van der Waals surface area contributed by atoms with Crippen molar-refractivity contribution < 1.29 is 22.8 Å². The summed E-state index contributed by atoms with van der Waals surface area (Å²) in [4.78, 5) is 25.4. The lowest BCUT2D eigenvalue weighted by Gasteiger charge is -2.22. The Labute approximate surface area is 236 Å². The summed E-state index contributed by atoms with van der Waals surface area (Å²) in [6.07, 6.45) is -4.57. The van der Waals surface area contributed by atoms with E-state index in [1.807, 2.05) is 20.8 Å². The lowest BCUT2D eigenvalue weighted by molar-refractivity contribution is -0.137. The largest absolute Gasteiger partial charge is 0.416 e. The van der Waals surface area contributed by atoms with Crippen molar-refractivity contribution in [1.29, 1.82) is 0 Å². The molecule has 14 heteroatoms. The molecule has 2 N–H and O–H groups in total. The first-order chi connectivity index (χ1) is 17.8. The van der Waals surface area contributed by atoms with E-state index in [0.29, 0.717) is 28.1 Å². The number of nitrogens with one attached hydrogen (secondary N) is 2. The maximum atomic E-state index is 13.0. The van der Waals surface area contributed by atoms with Gasteiger partial charge in [0, 0.05) is 12.1 Å². The Morgan fingerprint density at radius 3 is 2.32 bits per heavy atom. The number of benzene rings is 2. The Hall–Kier alpha value is -2.47. The average Bonchev–Trinajstić information content (AvgIpc) is 3.25. The van der Waals surface area contributed by atoms with E-state index in [2.05, 4.69) is 20.8 Å². The minimum Gasteiger partial charge on any atom is -0.342 e. The highest BCUT2D eigenvalue weighted by atomic mass is 35.5. The number of anilines is 1. The molecule has 0 saturated carbocycles. The summed E-state index contributed by atoms with van der Waals surface area (Å²) in [6.45, 7) is 6.12. The molecule has 7 nitrogen and oxygen atoms in total. The fourth-order valence-corrected chi connectivity index (χ4v) is 4.71. The van der Waals surface area contributed by atoms with Crippen molar-refractivity contribution in [2.24, 2.45) is 5.92 Å². The second-order valence-electron chi connectivity index (χ2n) is 8.44. The van der Waals surface area contributed by atoms with Gasteiger partial charge in [-0.05, 0) is 49.2 Å². The van der Waals surface area contributed by atoms with Crippen LogP contribution in [0.3, 0.4) is 0 Å². The summed E-state index contributed by atoms with van der Waals surface area (Å²) >= 11 is 19.0. The first-order valence-electron chi connectivity index (χ1n) is 11.3. The first-order valence-corrected chi connectivity index (χ1v) is 13.4. The molecule has 3 aromatic rings. The Balaban J connectivity index is 1.73. The molecule has 3 rings (SSSR count). The van der Waals surface area contributed by atoms with Gasteiger partial charge in [-0.2, -0.15) is 13.2 Å². The van der Waals surface area contributed by atoms with Crippen LogP contribution >= 0.6 is 46.6 Å². The van der Waals surface area contributed by atoms with Crippen LogP contribution in [0.5, 0.6) is 0 Å². The molecule has 38 heavy (non-hydrogen) atoms. The predicted octanol–water partition coefficient (Wildman–Crippen LogP) is 7.13. The van der Waals surface area contributed by atoms with Crippen LogP contribution < -0.4 is 10.6 Å². The van der Waals surface area contributed by atoms with Crippen LogP contribution in [0, 0.1) is 5.92 Å². The Bertz CT molecular complexity index is 1330. The second-order valence-corrected chi connectivity index (χ2v) is 10.6. The van der Waals surface area contributed by atoms with Gasteiger partial charge in [0.15, 0.2) is 11.0 Å². The molecule has 204 valence electrons. The van der Waals surface area contributed by atoms with Gasteiger partial charge < -0.3 is 15.2 Å². The standard InChI is InChI=1S/C24H23Cl3F3N5O2S/c1-4-35-21(20(12(2)3)32-22(37)13-5-7-15(25)17(27)9-13)33-34-23(35)38-11-19(36)31-18-10-14(24(28,29)30)6-8-16(18)26/h5-10,12,20H,4,11H2,1-3H3,(H,31,36)(H,32,37)/t20-/m0/s1. The Morgan fingerprint density at radius 1 is 1.03 bits per heavy atom. The highest BCUT2D eigenvalue weighted by Gasteiger charge is 2.31. The molecule has 1 aromatic heterocycles. The van der Waals surface area contributed by atoms with Crippen LogP contribution in [0.1, 0.15) is 48.6 Å². The fourth-order valence-electron chi connectivity index (χ4n) is 3.44. The highest BCUT2D eigenvalue weighted by Crippen LogP contribution is 2.34. The van der Waals surface area contributed by atoms with E-state index >= 15 is 0 Å². The van der Waals surface area contributed by atoms with E-state index in [1.165, 1.54) is 12.1 Å². The fraction of sp³-hybridized carbons (Fsp3) is 0.333.